The number of nitrogens with zero attached hydrogens (tertiary/aromatic N) is 3. The maximum absolute atomic E-state index is 11.8. The molecule has 0 atom stereocenters. The van der Waals surface area contributed by atoms with Crippen molar-refractivity contribution in [2.45, 2.75) is 6.61 Å². The molecule has 88 valence electrons. The zero-order valence-electron chi connectivity index (χ0n) is 8.30. The molecule has 0 radical (unpaired) electrons. The van der Waals surface area contributed by atoms with Crippen molar-refractivity contribution in [3.05, 3.63) is 34.6 Å². The normalized spacial score (nSPS) is 10.5. The number of ether oxygens (including phenoxy) is 1. The van der Waals surface area contributed by atoms with Gasteiger partial charge in [0, 0.05) is 12.1 Å². The van der Waals surface area contributed by atoms with Gasteiger partial charge < -0.3 is 4.74 Å². The lowest BCUT2D eigenvalue weighted by Crippen LogP contribution is -2.07. The van der Waals surface area contributed by atoms with Crippen molar-refractivity contribution in [3.63, 3.8) is 0 Å². The fourth-order valence-electron chi connectivity index (χ4n) is 1.10. The summed E-state index contributed by atoms with van der Waals surface area (Å²) in [5.41, 5.74) is 0.364. The topological polar surface area (TPSA) is 80.8 Å². The van der Waals surface area contributed by atoms with Gasteiger partial charge in [-0.05, 0) is 12.1 Å². The Morgan fingerprint density at radius 3 is 2.41 bits per heavy atom. The summed E-state index contributed by atoms with van der Waals surface area (Å²) in [5, 5.41) is 13.0. The van der Waals surface area contributed by atoms with Gasteiger partial charge in [0.25, 0.3) is 5.56 Å². The van der Waals surface area contributed by atoms with Crippen LogP contribution in [0.25, 0.3) is 11.4 Å². The van der Waals surface area contributed by atoms with E-state index in [4.69, 9.17) is 0 Å². The summed E-state index contributed by atoms with van der Waals surface area (Å²) in [4.78, 5) is 10.8. The summed E-state index contributed by atoms with van der Waals surface area (Å²) in [6, 6.07) is 5.36. The molecule has 8 heteroatoms. The first-order chi connectivity index (χ1) is 8.15. The third kappa shape index (κ3) is 2.80. The van der Waals surface area contributed by atoms with Gasteiger partial charge in [0.2, 0.25) is 5.88 Å². The van der Waals surface area contributed by atoms with E-state index < -0.39 is 6.61 Å². The standard InChI is InChI=1S/C9H6F2N4O2/c10-9(11)17-8-4-2-6(13-15-8)5-1-3-7(16)14-12-5/h1-4,9H,(H,14,16). The quantitative estimate of drug-likeness (QED) is 0.859. The Kier molecular flexibility index (Phi) is 3.03. The summed E-state index contributed by atoms with van der Waals surface area (Å²) in [6.07, 6.45) is 0. The smallest absolute Gasteiger partial charge is 0.388 e. The molecule has 0 aromatic carbocycles. The van der Waals surface area contributed by atoms with Gasteiger partial charge in [0.15, 0.2) is 0 Å². The molecule has 0 saturated carbocycles. The Balaban J connectivity index is 2.23. The van der Waals surface area contributed by atoms with Crippen LogP contribution < -0.4 is 10.3 Å². The number of rotatable bonds is 3. The van der Waals surface area contributed by atoms with Crippen molar-refractivity contribution >= 4 is 0 Å². The average Bonchev–Trinajstić information content (AvgIpc) is 2.30. The molecule has 2 aromatic rings. The molecule has 2 aromatic heterocycles. The average molecular weight is 240 g/mol. The number of H-pyrrole nitrogens is 1. The van der Waals surface area contributed by atoms with Gasteiger partial charge in [-0.15, -0.1) is 10.2 Å². The number of nitrogens with one attached hydrogen (secondary N) is 1. The lowest BCUT2D eigenvalue weighted by Gasteiger charge is -2.02. The van der Waals surface area contributed by atoms with Gasteiger partial charge in [-0.2, -0.15) is 13.9 Å². The maximum atomic E-state index is 11.8. The summed E-state index contributed by atoms with van der Waals surface area (Å²) in [6.45, 7) is -2.94. The molecule has 17 heavy (non-hydrogen) atoms. The highest BCUT2D eigenvalue weighted by Gasteiger charge is 2.07. The lowest BCUT2D eigenvalue weighted by molar-refractivity contribution is -0.0534. The van der Waals surface area contributed by atoms with E-state index >= 15 is 0 Å². The van der Waals surface area contributed by atoms with Crippen LogP contribution in [0.15, 0.2) is 29.1 Å². The van der Waals surface area contributed by atoms with Crippen molar-refractivity contribution in [3.8, 4) is 17.3 Å². The monoisotopic (exact) mass is 240 g/mol. The summed E-state index contributed by atoms with van der Waals surface area (Å²) in [5.74, 6) is -0.284. The molecular weight excluding hydrogens is 234 g/mol. The Morgan fingerprint density at radius 1 is 1.12 bits per heavy atom. The number of aromatic nitrogens is 4. The summed E-state index contributed by atoms with van der Waals surface area (Å²) < 4.78 is 27.7. The van der Waals surface area contributed by atoms with Crippen LogP contribution >= 0.6 is 0 Å². The fourth-order valence-corrected chi connectivity index (χ4v) is 1.10. The maximum Gasteiger partial charge on any atom is 0.388 e. The second kappa shape index (κ2) is 4.64. The van der Waals surface area contributed by atoms with Gasteiger partial charge >= 0.3 is 6.61 Å². The molecule has 0 bridgehead atoms. The van der Waals surface area contributed by atoms with E-state index in [1.54, 1.807) is 0 Å². The molecular formula is C9H6F2N4O2. The van der Waals surface area contributed by atoms with Crippen LogP contribution in [-0.4, -0.2) is 27.0 Å². The first kappa shape index (κ1) is 11.1. The van der Waals surface area contributed by atoms with E-state index in [9.17, 15) is 13.6 Å². The number of aromatic amines is 1. The summed E-state index contributed by atoms with van der Waals surface area (Å²) >= 11 is 0. The van der Waals surface area contributed by atoms with Gasteiger partial charge in [0.1, 0.15) is 11.4 Å². The second-order valence-electron chi connectivity index (χ2n) is 2.94. The highest BCUT2D eigenvalue weighted by atomic mass is 19.3. The van der Waals surface area contributed by atoms with Crippen LogP contribution in [0.3, 0.4) is 0 Å². The third-order valence-corrected chi connectivity index (χ3v) is 1.79. The molecule has 0 saturated heterocycles. The second-order valence-corrected chi connectivity index (χ2v) is 2.94. The van der Waals surface area contributed by atoms with Crippen molar-refractivity contribution < 1.29 is 13.5 Å². The first-order valence-corrected chi connectivity index (χ1v) is 4.50. The number of hydrogen-bond acceptors (Lipinski definition) is 5. The van der Waals surface area contributed by atoms with Crippen molar-refractivity contribution in [1.29, 1.82) is 0 Å². The van der Waals surface area contributed by atoms with Gasteiger partial charge in [-0.25, -0.2) is 5.10 Å². The zero-order chi connectivity index (χ0) is 12.3. The van der Waals surface area contributed by atoms with Crippen LogP contribution in [0, 0.1) is 0 Å². The van der Waals surface area contributed by atoms with E-state index in [0.29, 0.717) is 11.4 Å². The minimum absolute atomic E-state index is 0.284. The Hall–Kier alpha value is -2.38. The van der Waals surface area contributed by atoms with Crippen molar-refractivity contribution in [1.82, 2.24) is 20.4 Å². The molecule has 0 spiro atoms. The van der Waals surface area contributed by atoms with Crippen LogP contribution in [0.5, 0.6) is 5.88 Å². The van der Waals surface area contributed by atoms with Crippen molar-refractivity contribution in [2.24, 2.45) is 0 Å². The first-order valence-electron chi connectivity index (χ1n) is 4.50. The van der Waals surface area contributed by atoms with E-state index in [0.717, 1.165) is 0 Å². The Bertz CT molecular complexity index is 535. The fraction of sp³-hybridized carbons (Fsp3) is 0.111. The highest BCUT2D eigenvalue weighted by Crippen LogP contribution is 2.14. The lowest BCUT2D eigenvalue weighted by atomic mass is 10.3. The van der Waals surface area contributed by atoms with Gasteiger partial charge in [-0.3, -0.25) is 4.79 Å². The minimum Gasteiger partial charge on any atom is -0.415 e. The molecule has 0 amide bonds. The summed E-state index contributed by atoms with van der Waals surface area (Å²) in [7, 11) is 0. The molecule has 1 N–H and O–H groups in total. The predicted molar refractivity (Wildman–Crippen MR) is 52.5 cm³/mol. The van der Waals surface area contributed by atoms with E-state index in [1.807, 2.05) is 0 Å². The largest absolute Gasteiger partial charge is 0.415 e. The van der Waals surface area contributed by atoms with Crippen LogP contribution in [0.4, 0.5) is 8.78 Å². The van der Waals surface area contributed by atoms with Gasteiger partial charge in [-0.1, -0.05) is 0 Å². The Labute approximate surface area is 93.3 Å². The minimum atomic E-state index is -2.94. The van der Waals surface area contributed by atoms with E-state index in [2.05, 4.69) is 25.1 Å². The molecule has 0 unspecified atom stereocenters. The molecule has 2 rings (SSSR count). The number of hydrogen-bond donors (Lipinski definition) is 1. The van der Waals surface area contributed by atoms with Gasteiger partial charge in [0.05, 0.1) is 0 Å². The molecule has 0 aliphatic heterocycles. The predicted octanol–water partition coefficient (Wildman–Crippen LogP) is 0.828. The Morgan fingerprint density at radius 2 is 1.88 bits per heavy atom. The highest BCUT2D eigenvalue weighted by molar-refractivity contribution is 5.52. The van der Waals surface area contributed by atoms with Crippen LogP contribution in [-0.2, 0) is 0 Å². The molecule has 6 nitrogen and oxygen atoms in total. The number of halogens is 2. The van der Waals surface area contributed by atoms with Crippen molar-refractivity contribution in [2.75, 3.05) is 0 Å². The van der Waals surface area contributed by atoms with Crippen LogP contribution in [0.2, 0.25) is 0 Å². The van der Waals surface area contributed by atoms with E-state index in [-0.39, 0.29) is 11.4 Å². The third-order valence-electron chi connectivity index (χ3n) is 1.79. The molecule has 0 aliphatic rings. The number of alkyl halides is 2. The molecule has 0 fully saturated rings. The molecule has 2 heterocycles. The molecule has 0 aliphatic carbocycles. The van der Waals surface area contributed by atoms with Crippen LogP contribution in [0.1, 0.15) is 0 Å². The SMILES string of the molecule is O=c1ccc(-c2ccc(OC(F)F)nn2)n[nH]1. The van der Waals surface area contributed by atoms with E-state index in [1.165, 1.54) is 24.3 Å². The zero-order valence-corrected chi connectivity index (χ0v) is 8.30.